The Hall–Kier alpha value is -1.51. The van der Waals surface area contributed by atoms with Gasteiger partial charge in [-0.1, -0.05) is 0 Å². The first-order valence-electron chi connectivity index (χ1n) is 7.37. The quantitative estimate of drug-likeness (QED) is 0.848. The summed E-state index contributed by atoms with van der Waals surface area (Å²) in [4.78, 5) is 2.32. The average Bonchev–Trinajstić information content (AvgIpc) is 2.47. The second-order valence-corrected chi connectivity index (χ2v) is 5.74. The molecule has 5 heteroatoms. The van der Waals surface area contributed by atoms with Gasteiger partial charge in [0.25, 0.3) is 0 Å². The van der Waals surface area contributed by atoms with Crippen molar-refractivity contribution in [2.45, 2.75) is 25.8 Å². The number of nitrogens with one attached hydrogen (secondary N) is 1. The van der Waals surface area contributed by atoms with Gasteiger partial charge in [-0.3, -0.25) is 0 Å². The number of piperidine rings is 1. The van der Waals surface area contributed by atoms with Crippen LogP contribution < -0.4 is 5.32 Å². The van der Waals surface area contributed by atoms with E-state index in [1.165, 1.54) is 12.8 Å². The highest BCUT2D eigenvalue weighted by atomic mass is 19.1. The Balaban J connectivity index is 1.78. The Morgan fingerprint density at radius 1 is 1.29 bits per heavy atom. The summed E-state index contributed by atoms with van der Waals surface area (Å²) in [6.07, 6.45) is 3.42. The summed E-state index contributed by atoms with van der Waals surface area (Å²) in [7, 11) is 2.13. The molecule has 0 aromatic heterocycles. The number of nitriles is 1. The van der Waals surface area contributed by atoms with Crippen molar-refractivity contribution < 1.29 is 8.78 Å². The number of halogens is 2. The first-order chi connectivity index (χ1) is 10.1. The van der Waals surface area contributed by atoms with Crippen LogP contribution in [0.5, 0.6) is 0 Å². The molecular formula is C16H21F2N3. The zero-order valence-corrected chi connectivity index (χ0v) is 12.3. The predicted octanol–water partition coefficient (Wildman–Crippen LogP) is 2.66. The van der Waals surface area contributed by atoms with E-state index in [-0.39, 0.29) is 17.7 Å². The van der Waals surface area contributed by atoms with Gasteiger partial charge in [-0.2, -0.15) is 5.26 Å². The lowest BCUT2D eigenvalue weighted by molar-refractivity contribution is 0.211. The number of nitrogens with zero attached hydrogens (tertiary/aromatic N) is 2. The fourth-order valence-electron chi connectivity index (χ4n) is 2.71. The molecule has 114 valence electrons. The fraction of sp³-hybridized carbons (Fsp3) is 0.562. The minimum Gasteiger partial charge on any atom is -0.312 e. The predicted molar refractivity (Wildman–Crippen MR) is 77.6 cm³/mol. The zero-order chi connectivity index (χ0) is 15.2. The molecule has 1 saturated heterocycles. The topological polar surface area (TPSA) is 39.1 Å². The first kappa shape index (κ1) is 15.9. The molecule has 0 atom stereocenters. The SMILES string of the molecule is CN1CCC(CCNCc2c(F)cc(C#N)cc2F)CC1. The van der Waals surface area contributed by atoms with E-state index >= 15 is 0 Å². The van der Waals surface area contributed by atoms with Gasteiger partial charge in [0.2, 0.25) is 0 Å². The van der Waals surface area contributed by atoms with E-state index in [4.69, 9.17) is 5.26 Å². The van der Waals surface area contributed by atoms with E-state index in [1.54, 1.807) is 6.07 Å². The Bertz CT molecular complexity index is 494. The Kier molecular flexibility index (Phi) is 5.66. The van der Waals surface area contributed by atoms with Crippen LogP contribution in [0.15, 0.2) is 12.1 Å². The van der Waals surface area contributed by atoms with Crippen molar-refractivity contribution in [1.82, 2.24) is 10.2 Å². The molecule has 2 rings (SSSR count). The van der Waals surface area contributed by atoms with E-state index in [1.807, 2.05) is 0 Å². The van der Waals surface area contributed by atoms with E-state index in [2.05, 4.69) is 17.3 Å². The average molecular weight is 293 g/mol. The van der Waals surface area contributed by atoms with Gasteiger partial charge >= 0.3 is 0 Å². The lowest BCUT2D eigenvalue weighted by Gasteiger charge is -2.28. The Morgan fingerprint density at radius 3 is 2.48 bits per heavy atom. The normalized spacial score (nSPS) is 16.9. The molecule has 0 radical (unpaired) electrons. The van der Waals surface area contributed by atoms with Crippen molar-refractivity contribution in [3.63, 3.8) is 0 Å². The van der Waals surface area contributed by atoms with Crippen molar-refractivity contribution in [2.75, 3.05) is 26.7 Å². The smallest absolute Gasteiger partial charge is 0.131 e. The molecule has 0 saturated carbocycles. The summed E-state index contributed by atoms with van der Waals surface area (Å²) >= 11 is 0. The van der Waals surface area contributed by atoms with Crippen LogP contribution in [0.3, 0.4) is 0 Å². The number of benzene rings is 1. The molecule has 1 heterocycles. The molecule has 0 spiro atoms. The van der Waals surface area contributed by atoms with Gasteiger partial charge in [-0.05, 0) is 64.0 Å². The van der Waals surface area contributed by atoms with Gasteiger partial charge in [-0.15, -0.1) is 0 Å². The van der Waals surface area contributed by atoms with E-state index in [0.29, 0.717) is 5.92 Å². The lowest BCUT2D eigenvalue weighted by Crippen LogP contribution is -2.31. The number of likely N-dealkylation sites (tertiary alicyclic amines) is 1. The Labute approximate surface area is 124 Å². The molecule has 0 aliphatic carbocycles. The van der Waals surface area contributed by atoms with Crippen molar-refractivity contribution in [3.8, 4) is 6.07 Å². The summed E-state index contributed by atoms with van der Waals surface area (Å²) in [5.41, 5.74) is 0.0254. The van der Waals surface area contributed by atoms with E-state index in [9.17, 15) is 8.78 Å². The molecular weight excluding hydrogens is 272 g/mol. The van der Waals surface area contributed by atoms with Crippen LogP contribution in [-0.4, -0.2) is 31.6 Å². The highest BCUT2D eigenvalue weighted by molar-refractivity contribution is 5.34. The Morgan fingerprint density at radius 2 is 1.90 bits per heavy atom. The molecule has 3 nitrogen and oxygen atoms in total. The molecule has 1 aromatic carbocycles. The van der Waals surface area contributed by atoms with Crippen LogP contribution >= 0.6 is 0 Å². The van der Waals surface area contributed by atoms with Gasteiger partial charge in [0.1, 0.15) is 11.6 Å². The van der Waals surface area contributed by atoms with Crippen LogP contribution in [0.2, 0.25) is 0 Å². The van der Waals surface area contributed by atoms with Crippen LogP contribution in [0.25, 0.3) is 0 Å². The molecule has 1 aliphatic heterocycles. The van der Waals surface area contributed by atoms with Crippen LogP contribution in [0.4, 0.5) is 8.78 Å². The summed E-state index contributed by atoms with van der Waals surface area (Å²) < 4.78 is 27.4. The molecule has 0 bridgehead atoms. The zero-order valence-electron chi connectivity index (χ0n) is 12.3. The monoisotopic (exact) mass is 293 g/mol. The highest BCUT2D eigenvalue weighted by Gasteiger charge is 2.16. The van der Waals surface area contributed by atoms with Crippen LogP contribution in [0.1, 0.15) is 30.4 Å². The maximum atomic E-state index is 13.7. The lowest BCUT2D eigenvalue weighted by atomic mass is 9.94. The van der Waals surface area contributed by atoms with Crippen molar-refractivity contribution in [2.24, 2.45) is 5.92 Å². The third kappa shape index (κ3) is 4.48. The van der Waals surface area contributed by atoms with Crippen molar-refractivity contribution in [1.29, 1.82) is 5.26 Å². The van der Waals surface area contributed by atoms with Crippen molar-refractivity contribution >= 4 is 0 Å². The van der Waals surface area contributed by atoms with Crippen LogP contribution in [0, 0.1) is 28.9 Å². The number of hydrogen-bond acceptors (Lipinski definition) is 3. The molecule has 21 heavy (non-hydrogen) atoms. The van der Waals surface area contributed by atoms with Gasteiger partial charge in [0.15, 0.2) is 0 Å². The molecule has 1 aromatic rings. The largest absolute Gasteiger partial charge is 0.312 e. The highest BCUT2D eigenvalue weighted by Crippen LogP contribution is 2.19. The third-order valence-corrected chi connectivity index (χ3v) is 4.14. The summed E-state index contributed by atoms with van der Waals surface area (Å²) in [6.45, 7) is 3.18. The van der Waals surface area contributed by atoms with Crippen LogP contribution in [-0.2, 0) is 6.54 Å². The number of hydrogen-bond donors (Lipinski definition) is 1. The minimum absolute atomic E-state index is 0.0115. The van der Waals surface area contributed by atoms with Gasteiger partial charge in [0, 0.05) is 12.1 Å². The summed E-state index contributed by atoms with van der Waals surface area (Å²) in [5.74, 6) is -0.610. The van der Waals surface area contributed by atoms with Gasteiger partial charge in [0.05, 0.1) is 11.6 Å². The number of rotatable bonds is 5. The standard InChI is InChI=1S/C16H21F2N3/c1-21-6-3-12(4-7-21)2-5-20-11-14-15(17)8-13(10-19)9-16(14)18/h8-9,12,20H,2-7,11H2,1H3. The second kappa shape index (κ2) is 7.48. The second-order valence-electron chi connectivity index (χ2n) is 5.74. The summed E-state index contributed by atoms with van der Waals surface area (Å²) in [6, 6.07) is 3.91. The van der Waals surface area contributed by atoms with Gasteiger partial charge in [-0.25, -0.2) is 8.78 Å². The molecule has 1 fully saturated rings. The maximum absolute atomic E-state index is 13.7. The maximum Gasteiger partial charge on any atom is 0.131 e. The van der Waals surface area contributed by atoms with Gasteiger partial charge < -0.3 is 10.2 Å². The van der Waals surface area contributed by atoms with Crippen molar-refractivity contribution in [3.05, 3.63) is 34.9 Å². The fourth-order valence-corrected chi connectivity index (χ4v) is 2.71. The first-order valence-corrected chi connectivity index (χ1v) is 7.37. The summed E-state index contributed by atoms with van der Waals surface area (Å²) in [5, 5.41) is 11.8. The van der Waals surface area contributed by atoms with E-state index in [0.717, 1.165) is 38.2 Å². The molecule has 0 unspecified atom stereocenters. The minimum atomic E-state index is -0.654. The molecule has 1 N–H and O–H groups in total. The molecule has 0 amide bonds. The third-order valence-electron chi connectivity index (χ3n) is 4.14. The molecule has 1 aliphatic rings. The van der Waals surface area contributed by atoms with E-state index < -0.39 is 11.6 Å².